The lowest BCUT2D eigenvalue weighted by Gasteiger charge is -2.34. The minimum absolute atomic E-state index is 0.00541. The van der Waals surface area contributed by atoms with Gasteiger partial charge in [-0.25, -0.2) is 4.79 Å². The van der Waals surface area contributed by atoms with Crippen molar-refractivity contribution in [1.29, 1.82) is 0 Å². The number of carbonyl (C=O) groups excluding carboxylic acids is 2. The number of aryl methyl sites for hydroxylation is 1. The summed E-state index contributed by atoms with van der Waals surface area (Å²) in [6.07, 6.45) is 0. The highest BCUT2D eigenvalue weighted by atomic mass is 16.5. The maximum absolute atomic E-state index is 12.3. The van der Waals surface area contributed by atoms with Crippen molar-refractivity contribution in [3.63, 3.8) is 0 Å². The van der Waals surface area contributed by atoms with Gasteiger partial charge in [-0.2, -0.15) is 0 Å². The van der Waals surface area contributed by atoms with E-state index in [-0.39, 0.29) is 11.9 Å². The highest BCUT2D eigenvalue weighted by Gasteiger charge is 2.20. The summed E-state index contributed by atoms with van der Waals surface area (Å²) in [6.45, 7) is 7.32. The normalized spacial score (nSPS) is 14.8. The van der Waals surface area contributed by atoms with Gasteiger partial charge in [-0.1, -0.05) is 29.8 Å². The Kier molecular flexibility index (Phi) is 8.03. The van der Waals surface area contributed by atoms with Crippen LogP contribution in [0.1, 0.15) is 27.0 Å². The molecule has 2 aromatic carbocycles. The van der Waals surface area contributed by atoms with Crippen molar-refractivity contribution in [2.24, 2.45) is 0 Å². The average molecular weight is 426 g/mol. The lowest BCUT2D eigenvalue weighted by Crippen LogP contribution is -2.49. The highest BCUT2D eigenvalue weighted by Crippen LogP contribution is 2.22. The second-order valence-corrected chi connectivity index (χ2v) is 7.83. The Morgan fingerprint density at radius 1 is 0.968 bits per heavy atom. The van der Waals surface area contributed by atoms with E-state index >= 15 is 0 Å². The van der Waals surface area contributed by atoms with E-state index in [1.54, 1.807) is 19.2 Å². The SMILES string of the molecule is COC(=O)c1ccc(CNC(=O)CN2CCN(Cc3cc(C)ccc3OC)CC2)cc1. The van der Waals surface area contributed by atoms with Crippen LogP contribution in [0.15, 0.2) is 42.5 Å². The van der Waals surface area contributed by atoms with E-state index in [0.717, 1.165) is 44.0 Å². The zero-order valence-electron chi connectivity index (χ0n) is 18.5. The van der Waals surface area contributed by atoms with Gasteiger partial charge in [0.25, 0.3) is 0 Å². The molecule has 0 atom stereocenters. The Hall–Kier alpha value is -2.90. The zero-order valence-corrected chi connectivity index (χ0v) is 18.5. The summed E-state index contributed by atoms with van der Waals surface area (Å²) in [5.41, 5.74) is 3.87. The molecule has 7 heteroatoms. The van der Waals surface area contributed by atoms with Crippen LogP contribution >= 0.6 is 0 Å². The number of amides is 1. The first kappa shape index (κ1) is 22.8. The molecule has 1 amide bonds. The Bertz CT molecular complexity index is 890. The van der Waals surface area contributed by atoms with Crippen molar-refractivity contribution in [1.82, 2.24) is 15.1 Å². The summed E-state index contributed by atoms with van der Waals surface area (Å²) in [5, 5.41) is 2.95. The van der Waals surface area contributed by atoms with Crippen LogP contribution in [0.4, 0.5) is 0 Å². The molecule has 1 aliphatic heterocycles. The smallest absolute Gasteiger partial charge is 0.337 e. The Morgan fingerprint density at radius 2 is 1.65 bits per heavy atom. The summed E-state index contributed by atoms with van der Waals surface area (Å²) < 4.78 is 10.2. The molecule has 0 spiro atoms. The van der Waals surface area contributed by atoms with Gasteiger partial charge >= 0.3 is 5.97 Å². The average Bonchev–Trinajstić information content (AvgIpc) is 2.79. The zero-order chi connectivity index (χ0) is 22.2. The van der Waals surface area contributed by atoms with Gasteiger partial charge in [0.1, 0.15) is 5.75 Å². The van der Waals surface area contributed by atoms with Gasteiger partial charge in [-0.05, 0) is 30.7 Å². The topological polar surface area (TPSA) is 71.1 Å². The number of ether oxygens (including phenoxy) is 2. The first-order valence-corrected chi connectivity index (χ1v) is 10.5. The molecule has 0 aliphatic carbocycles. The van der Waals surface area contributed by atoms with E-state index in [4.69, 9.17) is 9.47 Å². The van der Waals surface area contributed by atoms with Crippen molar-refractivity contribution in [3.05, 3.63) is 64.7 Å². The summed E-state index contributed by atoms with van der Waals surface area (Å²) in [7, 11) is 3.06. The van der Waals surface area contributed by atoms with Gasteiger partial charge < -0.3 is 14.8 Å². The predicted molar refractivity (Wildman–Crippen MR) is 119 cm³/mol. The molecule has 1 saturated heterocycles. The van der Waals surface area contributed by atoms with Crippen molar-refractivity contribution >= 4 is 11.9 Å². The fourth-order valence-corrected chi connectivity index (χ4v) is 3.71. The third-order valence-electron chi connectivity index (χ3n) is 5.53. The molecular formula is C24H31N3O4. The Labute approximate surface area is 183 Å². The molecule has 1 aliphatic rings. The molecular weight excluding hydrogens is 394 g/mol. The molecule has 166 valence electrons. The minimum Gasteiger partial charge on any atom is -0.496 e. The van der Waals surface area contributed by atoms with Crippen LogP contribution in [-0.4, -0.2) is 68.6 Å². The van der Waals surface area contributed by atoms with Crippen LogP contribution in [0.2, 0.25) is 0 Å². The standard InChI is InChI=1S/C24H31N3O4/c1-18-4-9-22(30-2)21(14-18)16-26-10-12-27(13-11-26)17-23(28)25-15-19-5-7-20(8-6-19)24(29)31-3/h4-9,14H,10-13,15-17H2,1-3H3,(H,25,28). The number of methoxy groups -OCH3 is 2. The first-order chi connectivity index (χ1) is 15.0. The van der Waals surface area contributed by atoms with Gasteiger partial charge in [0, 0.05) is 44.8 Å². The van der Waals surface area contributed by atoms with Gasteiger partial charge in [0.15, 0.2) is 0 Å². The van der Waals surface area contributed by atoms with Crippen LogP contribution in [0.3, 0.4) is 0 Å². The quantitative estimate of drug-likeness (QED) is 0.654. The predicted octanol–water partition coefficient (Wildman–Crippen LogP) is 2.22. The number of rotatable bonds is 8. The molecule has 0 aromatic heterocycles. The maximum Gasteiger partial charge on any atom is 0.337 e. The molecule has 0 unspecified atom stereocenters. The van der Waals surface area contributed by atoms with E-state index in [0.29, 0.717) is 18.7 Å². The fourth-order valence-electron chi connectivity index (χ4n) is 3.71. The molecule has 0 bridgehead atoms. The van der Waals surface area contributed by atoms with E-state index in [9.17, 15) is 9.59 Å². The van der Waals surface area contributed by atoms with Crippen molar-refractivity contribution in [2.45, 2.75) is 20.0 Å². The lowest BCUT2D eigenvalue weighted by atomic mass is 10.1. The van der Waals surface area contributed by atoms with Gasteiger partial charge in [-0.15, -0.1) is 0 Å². The second kappa shape index (κ2) is 10.9. The lowest BCUT2D eigenvalue weighted by molar-refractivity contribution is -0.122. The molecule has 1 N–H and O–H groups in total. The number of carbonyl (C=O) groups is 2. The summed E-state index contributed by atoms with van der Waals surface area (Å²) in [5.74, 6) is 0.563. The van der Waals surface area contributed by atoms with Crippen molar-refractivity contribution < 1.29 is 19.1 Å². The monoisotopic (exact) mass is 425 g/mol. The third kappa shape index (κ3) is 6.54. The molecule has 7 nitrogen and oxygen atoms in total. The molecule has 2 aromatic rings. The molecule has 1 fully saturated rings. The van der Waals surface area contributed by atoms with E-state index in [1.807, 2.05) is 18.2 Å². The second-order valence-electron chi connectivity index (χ2n) is 7.83. The summed E-state index contributed by atoms with van der Waals surface area (Å²) in [4.78, 5) is 28.4. The summed E-state index contributed by atoms with van der Waals surface area (Å²) in [6, 6.07) is 13.3. The van der Waals surface area contributed by atoms with Crippen LogP contribution in [0.5, 0.6) is 5.75 Å². The number of piperazine rings is 1. The van der Waals surface area contributed by atoms with Crippen LogP contribution in [0, 0.1) is 6.92 Å². The van der Waals surface area contributed by atoms with E-state index in [1.165, 1.54) is 18.2 Å². The van der Waals surface area contributed by atoms with Crippen molar-refractivity contribution in [2.75, 3.05) is 46.9 Å². The van der Waals surface area contributed by atoms with Crippen LogP contribution in [-0.2, 0) is 22.6 Å². The largest absolute Gasteiger partial charge is 0.496 e. The molecule has 1 heterocycles. The number of nitrogens with zero attached hydrogens (tertiary/aromatic N) is 2. The van der Waals surface area contributed by atoms with Gasteiger partial charge in [-0.3, -0.25) is 14.6 Å². The van der Waals surface area contributed by atoms with E-state index < -0.39 is 0 Å². The number of nitrogens with one attached hydrogen (secondary N) is 1. The highest BCUT2D eigenvalue weighted by molar-refractivity contribution is 5.89. The number of benzene rings is 2. The van der Waals surface area contributed by atoms with Gasteiger partial charge in [0.2, 0.25) is 5.91 Å². The molecule has 0 radical (unpaired) electrons. The fraction of sp³-hybridized carbons (Fsp3) is 0.417. The first-order valence-electron chi connectivity index (χ1n) is 10.5. The Morgan fingerprint density at radius 3 is 2.29 bits per heavy atom. The van der Waals surface area contributed by atoms with Crippen LogP contribution < -0.4 is 10.1 Å². The molecule has 31 heavy (non-hydrogen) atoms. The summed E-state index contributed by atoms with van der Waals surface area (Å²) >= 11 is 0. The maximum atomic E-state index is 12.3. The Balaban J connectivity index is 1.41. The van der Waals surface area contributed by atoms with E-state index in [2.05, 4.69) is 34.2 Å². The minimum atomic E-state index is -0.365. The van der Waals surface area contributed by atoms with Crippen molar-refractivity contribution in [3.8, 4) is 5.75 Å². The third-order valence-corrected chi connectivity index (χ3v) is 5.53. The molecule has 3 rings (SSSR count). The van der Waals surface area contributed by atoms with Crippen LogP contribution in [0.25, 0.3) is 0 Å². The van der Waals surface area contributed by atoms with Gasteiger partial charge in [0.05, 0.1) is 26.3 Å². The number of hydrogen-bond donors (Lipinski definition) is 1. The number of esters is 1. The molecule has 0 saturated carbocycles. The number of hydrogen-bond acceptors (Lipinski definition) is 6.